The average molecular weight is 355 g/mol. The molecule has 0 saturated carbocycles. The predicted molar refractivity (Wildman–Crippen MR) is 95.3 cm³/mol. The molecule has 0 aliphatic carbocycles. The van der Waals surface area contributed by atoms with Gasteiger partial charge in [-0.15, -0.1) is 0 Å². The average Bonchev–Trinajstić information content (AvgIpc) is 3.06. The molecule has 0 aromatic heterocycles. The van der Waals surface area contributed by atoms with Crippen LogP contribution in [0.2, 0.25) is 0 Å². The SMILES string of the molecule is O=C(COc1ccccc1[N+](=O)[O-])Nc1ccccc1N1CCCC1=O. The maximum atomic E-state index is 12.2. The van der Waals surface area contributed by atoms with Crippen LogP contribution in [0.15, 0.2) is 48.5 Å². The van der Waals surface area contributed by atoms with Crippen molar-refractivity contribution in [2.45, 2.75) is 12.8 Å². The predicted octanol–water partition coefficient (Wildman–Crippen LogP) is 2.74. The van der Waals surface area contributed by atoms with Crippen molar-refractivity contribution in [3.05, 3.63) is 58.6 Å². The summed E-state index contributed by atoms with van der Waals surface area (Å²) in [6, 6.07) is 12.9. The molecule has 2 aromatic carbocycles. The second-order valence-corrected chi connectivity index (χ2v) is 5.73. The molecule has 1 aliphatic heterocycles. The van der Waals surface area contributed by atoms with Gasteiger partial charge in [0.25, 0.3) is 5.91 Å². The van der Waals surface area contributed by atoms with Crippen molar-refractivity contribution in [2.24, 2.45) is 0 Å². The molecule has 0 spiro atoms. The topological polar surface area (TPSA) is 102 Å². The number of nitrogens with zero attached hydrogens (tertiary/aromatic N) is 2. The van der Waals surface area contributed by atoms with Crippen LogP contribution in [0.25, 0.3) is 0 Å². The van der Waals surface area contributed by atoms with Gasteiger partial charge in [-0.05, 0) is 24.6 Å². The molecule has 1 heterocycles. The number of hydrogen-bond acceptors (Lipinski definition) is 5. The van der Waals surface area contributed by atoms with Crippen LogP contribution in [0.1, 0.15) is 12.8 Å². The molecule has 0 radical (unpaired) electrons. The first-order chi connectivity index (χ1) is 12.6. The maximum Gasteiger partial charge on any atom is 0.310 e. The van der Waals surface area contributed by atoms with E-state index in [2.05, 4.69) is 5.32 Å². The summed E-state index contributed by atoms with van der Waals surface area (Å²) < 4.78 is 5.28. The summed E-state index contributed by atoms with van der Waals surface area (Å²) in [5.41, 5.74) is 0.927. The number of anilines is 2. The first kappa shape index (κ1) is 17.4. The summed E-state index contributed by atoms with van der Waals surface area (Å²) in [6.45, 7) is 0.228. The summed E-state index contributed by atoms with van der Waals surface area (Å²) in [6.07, 6.45) is 1.27. The van der Waals surface area contributed by atoms with Crippen molar-refractivity contribution < 1.29 is 19.2 Å². The third kappa shape index (κ3) is 3.80. The Kier molecular flexibility index (Phi) is 5.12. The van der Waals surface area contributed by atoms with E-state index in [1.54, 1.807) is 35.2 Å². The third-order valence-corrected chi connectivity index (χ3v) is 3.96. The van der Waals surface area contributed by atoms with Crippen molar-refractivity contribution in [3.63, 3.8) is 0 Å². The first-order valence-electron chi connectivity index (χ1n) is 8.12. The Hall–Kier alpha value is -3.42. The number of nitrogens with one attached hydrogen (secondary N) is 1. The van der Waals surface area contributed by atoms with E-state index in [4.69, 9.17) is 4.74 Å². The Morgan fingerprint density at radius 2 is 1.92 bits per heavy atom. The van der Waals surface area contributed by atoms with Crippen LogP contribution in [0, 0.1) is 10.1 Å². The van der Waals surface area contributed by atoms with Crippen LogP contribution in [-0.2, 0) is 9.59 Å². The van der Waals surface area contributed by atoms with Crippen LogP contribution in [0.3, 0.4) is 0 Å². The van der Waals surface area contributed by atoms with Crippen molar-refractivity contribution in [1.82, 2.24) is 0 Å². The fraction of sp³-hybridized carbons (Fsp3) is 0.222. The van der Waals surface area contributed by atoms with E-state index in [1.165, 1.54) is 18.2 Å². The lowest BCUT2D eigenvalue weighted by atomic mass is 10.2. The second-order valence-electron chi connectivity index (χ2n) is 5.73. The van der Waals surface area contributed by atoms with Gasteiger partial charge in [0.15, 0.2) is 12.4 Å². The molecule has 2 amide bonds. The maximum absolute atomic E-state index is 12.2. The summed E-state index contributed by atoms with van der Waals surface area (Å²) in [5, 5.41) is 13.7. The van der Waals surface area contributed by atoms with Crippen LogP contribution >= 0.6 is 0 Å². The molecule has 0 unspecified atom stereocenters. The lowest BCUT2D eigenvalue weighted by Gasteiger charge is -2.20. The van der Waals surface area contributed by atoms with Gasteiger partial charge in [-0.1, -0.05) is 24.3 Å². The van der Waals surface area contributed by atoms with E-state index in [1.807, 2.05) is 0 Å². The molecule has 1 aliphatic rings. The molecule has 0 atom stereocenters. The zero-order chi connectivity index (χ0) is 18.5. The van der Waals surface area contributed by atoms with Crippen molar-refractivity contribution in [1.29, 1.82) is 0 Å². The minimum atomic E-state index is -0.568. The Morgan fingerprint density at radius 3 is 2.65 bits per heavy atom. The molecule has 2 aromatic rings. The van der Waals surface area contributed by atoms with Crippen LogP contribution in [-0.4, -0.2) is 29.9 Å². The van der Waals surface area contributed by atoms with E-state index >= 15 is 0 Å². The number of ether oxygens (including phenoxy) is 1. The molecule has 134 valence electrons. The summed E-state index contributed by atoms with van der Waals surface area (Å²) in [5.74, 6) is -0.430. The highest BCUT2D eigenvalue weighted by Gasteiger charge is 2.24. The number of carbonyl (C=O) groups is 2. The lowest BCUT2D eigenvalue weighted by molar-refractivity contribution is -0.385. The molecule has 26 heavy (non-hydrogen) atoms. The number of nitro groups is 1. The quantitative estimate of drug-likeness (QED) is 0.634. The zero-order valence-electron chi connectivity index (χ0n) is 13.9. The van der Waals surface area contributed by atoms with E-state index in [9.17, 15) is 19.7 Å². The highest BCUT2D eigenvalue weighted by atomic mass is 16.6. The molecule has 0 bridgehead atoms. The zero-order valence-corrected chi connectivity index (χ0v) is 13.9. The molecule has 1 fully saturated rings. The number of para-hydroxylation sites is 4. The largest absolute Gasteiger partial charge is 0.477 e. The fourth-order valence-corrected chi connectivity index (χ4v) is 2.78. The number of hydrogen-bond donors (Lipinski definition) is 1. The molecule has 8 heteroatoms. The van der Waals surface area contributed by atoms with Gasteiger partial charge in [0.2, 0.25) is 5.91 Å². The number of amides is 2. The Balaban J connectivity index is 1.68. The second kappa shape index (κ2) is 7.64. The minimum Gasteiger partial charge on any atom is -0.477 e. The Bertz CT molecular complexity index is 852. The van der Waals surface area contributed by atoms with E-state index in [0.717, 1.165) is 6.42 Å². The normalized spacial score (nSPS) is 13.5. The molecule has 1 saturated heterocycles. The van der Waals surface area contributed by atoms with E-state index in [0.29, 0.717) is 24.3 Å². The summed E-state index contributed by atoms with van der Waals surface area (Å²) in [7, 11) is 0. The van der Waals surface area contributed by atoms with Gasteiger partial charge in [0.05, 0.1) is 16.3 Å². The van der Waals surface area contributed by atoms with Gasteiger partial charge in [-0.25, -0.2) is 0 Å². The van der Waals surface area contributed by atoms with Crippen molar-refractivity contribution >= 4 is 28.9 Å². The van der Waals surface area contributed by atoms with Gasteiger partial charge in [-0.2, -0.15) is 0 Å². The van der Waals surface area contributed by atoms with Gasteiger partial charge < -0.3 is 15.0 Å². The first-order valence-corrected chi connectivity index (χ1v) is 8.12. The van der Waals surface area contributed by atoms with Crippen molar-refractivity contribution in [3.8, 4) is 5.75 Å². The molecular weight excluding hydrogens is 338 g/mol. The fourth-order valence-electron chi connectivity index (χ4n) is 2.78. The summed E-state index contributed by atoms with van der Waals surface area (Å²) >= 11 is 0. The van der Waals surface area contributed by atoms with Crippen molar-refractivity contribution in [2.75, 3.05) is 23.4 Å². The van der Waals surface area contributed by atoms with Gasteiger partial charge >= 0.3 is 5.69 Å². The number of rotatable bonds is 6. The third-order valence-electron chi connectivity index (χ3n) is 3.96. The van der Waals surface area contributed by atoms with Gasteiger partial charge in [0.1, 0.15) is 0 Å². The molecular formula is C18H17N3O5. The van der Waals surface area contributed by atoms with Gasteiger partial charge in [0, 0.05) is 19.0 Å². The standard InChI is InChI=1S/C18H17N3O5/c22-17(12-26-16-9-4-3-8-15(16)21(24)25)19-13-6-1-2-7-14(13)20-11-5-10-18(20)23/h1-4,6-9H,5,10-12H2,(H,19,22). The minimum absolute atomic E-state index is 0.0165. The van der Waals surface area contributed by atoms with Crippen LogP contribution in [0.4, 0.5) is 17.1 Å². The molecule has 1 N–H and O–H groups in total. The van der Waals surface area contributed by atoms with Crippen LogP contribution in [0.5, 0.6) is 5.75 Å². The Morgan fingerprint density at radius 1 is 1.19 bits per heavy atom. The Labute approximate surface area is 149 Å². The smallest absolute Gasteiger partial charge is 0.310 e. The van der Waals surface area contributed by atoms with E-state index < -0.39 is 10.8 Å². The number of benzene rings is 2. The lowest BCUT2D eigenvalue weighted by Crippen LogP contribution is -2.27. The number of nitro benzene ring substituents is 1. The highest BCUT2D eigenvalue weighted by Crippen LogP contribution is 2.29. The van der Waals surface area contributed by atoms with Gasteiger partial charge in [-0.3, -0.25) is 19.7 Å². The highest BCUT2D eigenvalue weighted by molar-refractivity contribution is 6.02. The summed E-state index contributed by atoms with van der Waals surface area (Å²) in [4.78, 5) is 36.2. The van der Waals surface area contributed by atoms with E-state index in [-0.39, 0.29) is 24.0 Å². The van der Waals surface area contributed by atoms with Crippen LogP contribution < -0.4 is 15.0 Å². The molecule has 8 nitrogen and oxygen atoms in total. The number of carbonyl (C=O) groups excluding carboxylic acids is 2. The monoisotopic (exact) mass is 355 g/mol. The molecule has 3 rings (SSSR count).